The summed E-state index contributed by atoms with van der Waals surface area (Å²) >= 11 is 0. The third kappa shape index (κ3) is 7.84. The second kappa shape index (κ2) is 13.2. The van der Waals surface area contributed by atoms with Crippen LogP contribution in [0.1, 0.15) is 49.8 Å². The number of hydrogen-bond donors (Lipinski definition) is 3. The van der Waals surface area contributed by atoms with Crippen LogP contribution < -0.4 is 22.6 Å². The van der Waals surface area contributed by atoms with Crippen molar-refractivity contribution in [2.75, 3.05) is 11.5 Å². The Morgan fingerprint density at radius 1 is 0.884 bits per heavy atom. The second-order valence-corrected chi connectivity index (χ2v) is 9.38. The molecule has 3 aromatic heterocycles. The summed E-state index contributed by atoms with van der Waals surface area (Å²) in [5, 5.41) is 4.33. The average molecular weight is 620 g/mol. The van der Waals surface area contributed by atoms with Crippen molar-refractivity contribution in [3.05, 3.63) is 74.3 Å². The molecule has 9 nitrogen and oxygen atoms in total. The average Bonchev–Trinajstić information content (AvgIpc) is 2.92. The minimum atomic E-state index is -4.82. The molecular formula is C26H25F8N7O2. The number of aromatic nitrogens is 5. The number of rotatable bonds is 1. The van der Waals surface area contributed by atoms with E-state index in [1.54, 1.807) is 5.10 Å². The molecule has 0 saturated heterocycles. The summed E-state index contributed by atoms with van der Waals surface area (Å²) in [4.78, 5) is 29.1. The van der Waals surface area contributed by atoms with Crippen molar-refractivity contribution in [3.63, 3.8) is 0 Å². The highest BCUT2D eigenvalue weighted by atomic mass is 19.4. The molecular weight excluding hydrogens is 594 g/mol. The Hall–Kier alpha value is -4.57. The normalized spacial score (nSPS) is 13.5. The summed E-state index contributed by atoms with van der Waals surface area (Å²) in [6.45, 7) is 0. The molecule has 1 aliphatic rings. The van der Waals surface area contributed by atoms with Crippen LogP contribution in [-0.2, 0) is 19.4 Å². The quantitative estimate of drug-likeness (QED) is 0.236. The maximum absolute atomic E-state index is 14.3. The SMILES string of the molecule is C1CCCCC1.Cn1ccc2cc(-c3cnc(C(F)(F)F)c(N)n3)c(F)c(F)c2c1=O.Nc1cn[nH]c(=O)c1C(F)(F)F. The van der Waals surface area contributed by atoms with Gasteiger partial charge in [0, 0.05) is 18.8 Å². The Morgan fingerprint density at radius 2 is 1.47 bits per heavy atom. The fourth-order valence-electron chi connectivity index (χ4n) is 4.13. The van der Waals surface area contributed by atoms with E-state index in [1.807, 2.05) is 0 Å². The lowest BCUT2D eigenvalue weighted by atomic mass is 10.0. The van der Waals surface area contributed by atoms with E-state index < -0.39 is 68.8 Å². The van der Waals surface area contributed by atoms with Gasteiger partial charge in [0.25, 0.3) is 11.1 Å². The van der Waals surface area contributed by atoms with E-state index >= 15 is 0 Å². The smallest absolute Gasteiger partial charge is 0.397 e. The summed E-state index contributed by atoms with van der Waals surface area (Å²) in [5.41, 5.74) is 3.71. The van der Waals surface area contributed by atoms with Crippen LogP contribution >= 0.6 is 0 Å². The summed E-state index contributed by atoms with van der Waals surface area (Å²) in [6, 6.07) is 2.47. The number of fused-ring (bicyclic) bond motifs is 1. The van der Waals surface area contributed by atoms with Gasteiger partial charge in [0.2, 0.25) is 0 Å². The summed E-state index contributed by atoms with van der Waals surface area (Å²) in [5.74, 6) is -3.81. The van der Waals surface area contributed by atoms with Gasteiger partial charge in [-0.15, -0.1) is 0 Å². The highest BCUT2D eigenvalue weighted by molar-refractivity contribution is 5.87. The van der Waals surface area contributed by atoms with Gasteiger partial charge in [-0.2, -0.15) is 31.4 Å². The zero-order chi connectivity index (χ0) is 32.1. The molecule has 0 unspecified atom stereocenters. The van der Waals surface area contributed by atoms with Crippen molar-refractivity contribution in [1.82, 2.24) is 24.7 Å². The number of nitrogen functional groups attached to an aromatic ring is 2. The molecule has 0 radical (unpaired) electrons. The summed E-state index contributed by atoms with van der Waals surface area (Å²) < 4.78 is 104. The van der Waals surface area contributed by atoms with Crippen LogP contribution in [0.3, 0.4) is 0 Å². The first-order chi connectivity index (χ1) is 20.0. The molecule has 1 aliphatic carbocycles. The topological polar surface area (TPSA) is 146 Å². The lowest BCUT2D eigenvalue weighted by molar-refractivity contribution is -0.140. The number of halogens is 8. The standard InChI is InChI=1S/C15H9F5N4O.C6H12.C5H4F3N3O/c1-24-3-2-6-4-7(10(16)11(17)9(6)14(24)25)8-5-22-12(13(21)23-8)15(18,19)20;1-2-4-6-5-3-1;6-5(7,8)3-2(9)1-10-11-4(3)12/h2-5H,1H3,(H2,21,23);1-6H2;1H,(H3,9,11,12). The minimum Gasteiger partial charge on any atom is -0.397 e. The summed E-state index contributed by atoms with van der Waals surface area (Å²) in [7, 11) is 1.37. The first-order valence-electron chi connectivity index (χ1n) is 12.6. The Labute approximate surface area is 237 Å². The van der Waals surface area contributed by atoms with Crippen LogP contribution in [0.25, 0.3) is 22.0 Å². The molecule has 5 rings (SSSR count). The van der Waals surface area contributed by atoms with Crippen molar-refractivity contribution in [2.45, 2.75) is 50.9 Å². The van der Waals surface area contributed by atoms with Crippen LogP contribution in [0.2, 0.25) is 0 Å². The number of nitrogens with zero attached hydrogens (tertiary/aromatic N) is 4. The van der Waals surface area contributed by atoms with E-state index in [0.717, 1.165) is 16.8 Å². The van der Waals surface area contributed by atoms with Crippen molar-refractivity contribution >= 4 is 22.3 Å². The van der Waals surface area contributed by atoms with E-state index in [4.69, 9.17) is 11.5 Å². The van der Waals surface area contributed by atoms with E-state index in [1.165, 1.54) is 57.8 Å². The third-order valence-corrected chi connectivity index (χ3v) is 6.26. The number of benzene rings is 1. The van der Waals surface area contributed by atoms with Crippen molar-refractivity contribution in [2.24, 2.45) is 7.05 Å². The predicted octanol–water partition coefficient (Wildman–Crippen LogP) is 5.59. The molecule has 0 amide bonds. The minimum absolute atomic E-state index is 0.0669. The number of H-pyrrole nitrogens is 1. The van der Waals surface area contributed by atoms with Gasteiger partial charge in [0.1, 0.15) is 5.56 Å². The molecule has 4 aromatic rings. The van der Waals surface area contributed by atoms with Gasteiger partial charge in [-0.3, -0.25) is 9.59 Å². The van der Waals surface area contributed by atoms with E-state index in [0.29, 0.717) is 6.20 Å². The number of anilines is 2. The lowest BCUT2D eigenvalue weighted by Crippen LogP contribution is -2.24. The number of aromatic amines is 1. The predicted molar refractivity (Wildman–Crippen MR) is 142 cm³/mol. The molecule has 1 fully saturated rings. The molecule has 232 valence electrons. The number of alkyl halides is 6. The molecule has 3 heterocycles. The number of hydrogen-bond acceptors (Lipinski definition) is 7. The van der Waals surface area contributed by atoms with Gasteiger partial charge >= 0.3 is 12.4 Å². The van der Waals surface area contributed by atoms with E-state index in [9.17, 15) is 44.7 Å². The molecule has 17 heteroatoms. The second-order valence-electron chi connectivity index (χ2n) is 9.38. The molecule has 1 saturated carbocycles. The maximum atomic E-state index is 14.3. The molecule has 0 aliphatic heterocycles. The first-order valence-corrected chi connectivity index (χ1v) is 12.6. The number of nitrogens with two attached hydrogens (primary N) is 2. The van der Waals surface area contributed by atoms with Crippen LogP contribution in [0.4, 0.5) is 46.6 Å². The number of aryl methyl sites for hydroxylation is 1. The van der Waals surface area contributed by atoms with Gasteiger partial charge in [0.15, 0.2) is 23.1 Å². The number of pyridine rings is 1. The van der Waals surface area contributed by atoms with Crippen LogP contribution in [0, 0.1) is 11.6 Å². The highest BCUT2D eigenvalue weighted by Gasteiger charge is 2.37. The Kier molecular flexibility index (Phi) is 10.1. The Bertz CT molecular complexity index is 1700. The highest BCUT2D eigenvalue weighted by Crippen LogP contribution is 2.34. The Balaban J connectivity index is 0.000000231. The molecule has 1 aromatic carbocycles. The van der Waals surface area contributed by atoms with Crippen LogP contribution in [0.15, 0.2) is 40.3 Å². The first kappa shape index (κ1) is 32.9. The molecule has 0 spiro atoms. The fourth-order valence-corrected chi connectivity index (χ4v) is 4.13. The fraction of sp³-hybridized carbons (Fsp3) is 0.346. The maximum Gasteiger partial charge on any atom is 0.437 e. The van der Waals surface area contributed by atoms with Crippen molar-refractivity contribution in [3.8, 4) is 11.3 Å². The van der Waals surface area contributed by atoms with Crippen LogP contribution in [0.5, 0.6) is 0 Å². The molecule has 0 atom stereocenters. The summed E-state index contributed by atoms with van der Waals surface area (Å²) in [6.07, 6.45) is 2.17. The van der Waals surface area contributed by atoms with Gasteiger partial charge in [-0.05, 0) is 17.5 Å². The van der Waals surface area contributed by atoms with Gasteiger partial charge in [0.05, 0.1) is 29.2 Å². The zero-order valence-electron chi connectivity index (χ0n) is 22.4. The van der Waals surface area contributed by atoms with Gasteiger partial charge in [-0.1, -0.05) is 38.5 Å². The zero-order valence-corrected chi connectivity index (χ0v) is 22.4. The van der Waals surface area contributed by atoms with Gasteiger partial charge in [-0.25, -0.2) is 23.8 Å². The lowest BCUT2D eigenvalue weighted by Gasteiger charge is -2.11. The Morgan fingerprint density at radius 3 is 1.93 bits per heavy atom. The monoisotopic (exact) mass is 619 g/mol. The van der Waals surface area contributed by atoms with Gasteiger partial charge < -0.3 is 16.0 Å². The van der Waals surface area contributed by atoms with Crippen LogP contribution in [-0.4, -0.2) is 24.7 Å². The van der Waals surface area contributed by atoms with Crippen molar-refractivity contribution in [1.29, 1.82) is 0 Å². The molecule has 5 N–H and O–H groups in total. The largest absolute Gasteiger partial charge is 0.437 e. The number of nitrogens with one attached hydrogen (secondary N) is 1. The van der Waals surface area contributed by atoms with Crippen molar-refractivity contribution < 1.29 is 35.1 Å². The third-order valence-electron chi connectivity index (χ3n) is 6.26. The molecule has 0 bridgehead atoms. The molecule has 43 heavy (non-hydrogen) atoms. The van der Waals surface area contributed by atoms with E-state index in [-0.39, 0.29) is 11.1 Å². The van der Waals surface area contributed by atoms with E-state index in [2.05, 4.69) is 15.1 Å².